The summed E-state index contributed by atoms with van der Waals surface area (Å²) in [4.78, 5) is 11.7. The van der Waals surface area contributed by atoms with E-state index < -0.39 is 15.9 Å². The van der Waals surface area contributed by atoms with Gasteiger partial charge in [0.25, 0.3) is 10.0 Å². The van der Waals surface area contributed by atoms with Crippen LogP contribution in [-0.4, -0.2) is 21.2 Å². The van der Waals surface area contributed by atoms with Crippen LogP contribution in [0.5, 0.6) is 5.75 Å². The van der Waals surface area contributed by atoms with Crippen molar-refractivity contribution in [3.63, 3.8) is 0 Å². The standard InChI is InChI=1S/C22H19NO4S/c24-15-18-14-23(28(25,26)20-9-5-2-6-10-20)22-13-19(11-12-21(18)22)27-16-17-7-3-1-4-8-17/h1-13,15,18H,14,16H2. The fourth-order valence-electron chi connectivity index (χ4n) is 3.32. The molecule has 0 radical (unpaired) electrons. The molecule has 6 heteroatoms. The average molecular weight is 393 g/mol. The molecule has 0 amide bonds. The Morgan fingerprint density at radius 3 is 2.32 bits per heavy atom. The van der Waals surface area contributed by atoms with Gasteiger partial charge in [-0.05, 0) is 29.3 Å². The fourth-order valence-corrected chi connectivity index (χ4v) is 4.85. The Morgan fingerprint density at radius 1 is 0.964 bits per heavy atom. The summed E-state index contributed by atoms with van der Waals surface area (Å²) in [7, 11) is -3.76. The van der Waals surface area contributed by atoms with Gasteiger partial charge in [-0.25, -0.2) is 8.42 Å². The van der Waals surface area contributed by atoms with Gasteiger partial charge in [-0.15, -0.1) is 0 Å². The highest BCUT2D eigenvalue weighted by molar-refractivity contribution is 7.92. The maximum atomic E-state index is 13.1. The minimum Gasteiger partial charge on any atom is -0.489 e. The van der Waals surface area contributed by atoms with Gasteiger partial charge in [-0.3, -0.25) is 4.31 Å². The average Bonchev–Trinajstić information content (AvgIpc) is 3.12. The number of carbonyl (C=O) groups is 1. The smallest absolute Gasteiger partial charge is 0.264 e. The minimum atomic E-state index is -3.76. The second kappa shape index (κ2) is 7.48. The lowest BCUT2D eigenvalue weighted by molar-refractivity contribution is -0.108. The van der Waals surface area contributed by atoms with Gasteiger partial charge in [0.15, 0.2) is 0 Å². The Balaban J connectivity index is 1.67. The number of carbonyl (C=O) groups excluding carboxylic acids is 1. The van der Waals surface area contributed by atoms with E-state index in [1.165, 1.54) is 4.31 Å². The molecule has 4 rings (SSSR count). The van der Waals surface area contributed by atoms with E-state index in [0.29, 0.717) is 23.6 Å². The van der Waals surface area contributed by atoms with Crippen molar-refractivity contribution in [1.82, 2.24) is 0 Å². The van der Waals surface area contributed by atoms with Crippen LogP contribution in [0, 0.1) is 0 Å². The Kier molecular flexibility index (Phi) is 4.88. The van der Waals surface area contributed by atoms with Crippen LogP contribution in [0.25, 0.3) is 0 Å². The number of hydrogen-bond acceptors (Lipinski definition) is 4. The van der Waals surface area contributed by atoms with E-state index in [9.17, 15) is 13.2 Å². The van der Waals surface area contributed by atoms with Crippen LogP contribution in [0.4, 0.5) is 5.69 Å². The van der Waals surface area contributed by atoms with Crippen molar-refractivity contribution in [2.24, 2.45) is 0 Å². The van der Waals surface area contributed by atoms with Gasteiger partial charge in [0, 0.05) is 12.6 Å². The van der Waals surface area contributed by atoms with Crippen LogP contribution in [0.1, 0.15) is 17.0 Å². The van der Waals surface area contributed by atoms with Crippen LogP contribution < -0.4 is 9.04 Å². The van der Waals surface area contributed by atoms with Crippen LogP contribution in [0.15, 0.2) is 83.8 Å². The van der Waals surface area contributed by atoms with Crippen molar-refractivity contribution in [2.45, 2.75) is 17.4 Å². The summed E-state index contributed by atoms with van der Waals surface area (Å²) in [5.41, 5.74) is 2.20. The largest absolute Gasteiger partial charge is 0.489 e. The van der Waals surface area contributed by atoms with Crippen molar-refractivity contribution in [1.29, 1.82) is 0 Å². The number of nitrogens with zero attached hydrogens (tertiary/aromatic N) is 1. The van der Waals surface area contributed by atoms with Crippen LogP contribution >= 0.6 is 0 Å². The topological polar surface area (TPSA) is 63.7 Å². The van der Waals surface area contributed by atoms with E-state index in [-0.39, 0.29) is 11.4 Å². The molecule has 0 aliphatic carbocycles. The first-order valence-electron chi connectivity index (χ1n) is 8.93. The molecule has 1 atom stereocenters. The summed E-state index contributed by atoms with van der Waals surface area (Å²) < 4.78 is 33.4. The van der Waals surface area contributed by atoms with Crippen molar-refractivity contribution in [3.8, 4) is 5.75 Å². The van der Waals surface area contributed by atoms with E-state index in [1.54, 1.807) is 48.5 Å². The number of ether oxygens (including phenoxy) is 1. The highest BCUT2D eigenvalue weighted by Gasteiger charge is 2.36. The molecule has 1 aliphatic heterocycles. The number of anilines is 1. The van der Waals surface area contributed by atoms with E-state index in [4.69, 9.17) is 4.74 Å². The number of benzene rings is 3. The third-order valence-electron chi connectivity index (χ3n) is 4.78. The lowest BCUT2D eigenvalue weighted by atomic mass is 10.0. The van der Waals surface area contributed by atoms with Crippen molar-refractivity contribution < 1.29 is 17.9 Å². The number of hydrogen-bond donors (Lipinski definition) is 0. The Labute approximate surface area is 164 Å². The summed E-state index contributed by atoms with van der Waals surface area (Å²) in [6.45, 7) is 0.473. The fraction of sp³-hybridized carbons (Fsp3) is 0.136. The van der Waals surface area contributed by atoms with Crippen LogP contribution in [0.3, 0.4) is 0 Å². The van der Waals surface area contributed by atoms with Crippen LogP contribution in [-0.2, 0) is 21.4 Å². The lowest BCUT2D eigenvalue weighted by Gasteiger charge is -2.20. The van der Waals surface area contributed by atoms with E-state index in [0.717, 1.165) is 11.8 Å². The zero-order valence-corrected chi connectivity index (χ0v) is 15.9. The second-order valence-electron chi connectivity index (χ2n) is 6.59. The van der Waals surface area contributed by atoms with Crippen molar-refractivity contribution in [3.05, 3.63) is 90.0 Å². The zero-order valence-electron chi connectivity index (χ0n) is 15.1. The first-order valence-corrected chi connectivity index (χ1v) is 10.4. The molecular weight excluding hydrogens is 374 g/mol. The highest BCUT2D eigenvalue weighted by Crippen LogP contribution is 2.40. The molecule has 142 valence electrons. The quantitative estimate of drug-likeness (QED) is 0.598. The summed E-state index contributed by atoms with van der Waals surface area (Å²) >= 11 is 0. The maximum Gasteiger partial charge on any atom is 0.264 e. The molecule has 3 aromatic carbocycles. The molecule has 1 heterocycles. The third kappa shape index (κ3) is 3.39. The van der Waals surface area contributed by atoms with Crippen molar-refractivity contribution in [2.75, 3.05) is 10.8 Å². The molecule has 28 heavy (non-hydrogen) atoms. The van der Waals surface area contributed by atoms with Crippen molar-refractivity contribution >= 4 is 22.0 Å². The number of aldehydes is 1. The van der Waals surface area contributed by atoms with Crippen LogP contribution in [0.2, 0.25) is 0 Å². The molecule has 0 saturated heterocycles. The Hall–Kier alpha value is -3.12. The molecule has 1 aliphatic rings. The van der Waals surface area contributed by atoms with E-state index in [1.807, 2.05) is 30.3 Å². The lowest BCUT2D eigenvalue weighted by Crippen LogP contribution is -2.30. The first kappa shape index (κ1) is 18.3. The van der Waals surface area contributed by atoms with E-state index >= 15 is 0 Å². The molecule has 0 spiro atoms. The number of fused-ring (bicyclic) bond motifs is 1. The van der Waals surface area contributed by atoms with Gasteiger partial charge < -0.3 is 9.53 Å². The van der Waals surface area contributed by atoms with Gasteiger partial charge in [0.2, 0.25) is 0 Å². The second-order valence-corrected chi connectivity index (χ2v) is 8.45. The summed E-state index contributed by atoms with van der Waals surface area (Å²) in [6.07, 6.45) is 0.795. The van der Waals surface area contributed by atoms with Gasteiger partial charge in [-0.1, -0.05) is 54.6 Å². The Morgan fingerprint density at radius 2 is 1.64 bits per heavy atom. The molecule has 1 unspecified atom stereocenters. The molecule has 0 saturated carbocycles. The predicted molar refractivity (Wildman–Crippen MR) is 107 cm³/mol. The SMILES string of the molecule is O=CC1CN(S(=O)(=O)c2ccccc2)c2cc(OCc3ccccc3)ccc21. The Bertz CT molecular complexity index is 1080. The molecule has 5 nitrogen and oxygen atoms in total. The molecule has 3 aromatic rings. The maximum absolute atomic E-state index is 13.1. The molecule has 0 bridgehead atoms. The summed E-state index contributed by atoms with van der Waals surface area (Å²) in [5.74, 6) is 0.0686. The monoisotopic (exact) mass is 393 g/mol. The molecule has 0 fully saturated rings. The first-order chi connectivity index (χ1) is 13.6. The van der Waals surface area contributed by atoms with Gasteiger partial charge in [-0.2, -0.15) is 0 Å². The number of rotatable bonds is 6. The van der Waals surface area contributed by atoms with Gasteiger partial charge in [0.1, 0.15) is 18.6 Å². The summed E-state index contributed by atoms with van der Waals surface area (Å²) in [5, 5.41) is 0. The van der Waals surface area contributed by atoms with Gasteiger partial charge >= 0.3 is 0 Å². The molecule has 0 N–H and O–H groups in total. The zero-order chi connectivity index (χ0) is 19.6. The predicted octanol–water partition coefficient (Wildman–Crippen LogP) is 3.76. The third-order valence-corrected chi connectivity index (χ3v) is 6.57. The van der Waals surface area contributed by atoms with E-state index in [2.05, 4.69) is 0 Å². The summed E-state index contributed by atoms with van der Waals surface area (Å²) in [6, 6.07) is 23.2. The minimum absolute atomic E-state index is 0.0954. The molecule has 0 aromatic heterocycles. The normalized spacial score (nSPS) is 15.9. The van der Waals surface area contributed by atoms with Gasteiger partial charge in [0.05, 0.1) is 16.5 Å². The molecular formula is C22H19NO4S. The highest BCUT2D eigenvalue weighted by atomic mass is 32.2. The number of sulfonamides is 1.